The smallest absolute Gasteiger partial charge is 0.138 e. The molecule has 4 rings (SSSR count). The van der Waals surface area contributed by atoms with Crippen LogP contribution in [-0.4, -0.2) is 41.6 Å². The van der Waals surface area contributed by atoms with Crippen molar-refractivity contribution in [2.24, 2.45) is 0 Å². The Bertz CT molecular complexity index is 1250. The summed E-state index contributed by atoms with van der Waals surface area (Å²) in [6.07, 6.45) is 0.773. The average Bonchev–Trinajstić information content (AvgIpc) is 3.20. The van der Waals surface area contributed by atoms with Gasteiger partial charge in [0.25, 0.3) is 0 Å². The predicted octanol–water partition coefficient (Wildman–Crippen LogP) is 6.53. The number of fused-ring (bicyclic) bond motifs is 1. The molecule has 0 saturated heterocycles. The zero-order valence-corrected chi connectivity index (χ0v) is 21.0. The monoisotopic (exact) mass is 491 g/mol. The highest BCUT2D eigenvalue weighted by Crippen LogP contribution is 2.31. The maximum atomic E-state index is 6.19. The van der Waals surface area contributed by atoms with E-state index in [9.17, 15) is 0 Å². The molecule has 0 radical (unpaired) electrons. The third kappa shape index (κ3) is 4.89. The molecule has 0 spiro atoms. The minimum absolute atomic E-state index is 0.324. The largest absolute Gasteiger partial charge is 0.492 e. The normalized spacial score (nSPS) is 12.5. The summed E-state index contributed by atoms with van der Waals surface area (Å²) in [5.41, 5.74) is 8.00. The Morgan fingerprint density at radius 1 is 1.00 bits per heavy atom. The molecule has 0 bridgehead atoms. The van der Waals surface area contributed by atoms with Crippen LogP contribution in [0.1, 0.15) is 29.2 Å². The molecule has 32 heavy (non-hydrogen) atoms. The van der Waals surface area contributed by atoms with Crippen molar-refractivity contribution in [3.63, 3.8) is 0 Å². The summed E-state index contributed by atoms with van der Waals surface area (Å²) < 4.78 is 7.30. The van der Waals surface area contributed by atoms with Crippen LogP contribution in [0.3, 0.4) is 0 Å². The first-order valence-electron chi connectivity index (χ1n) is 10.9. The molecule has 3 aromatic carbocycles. The van der Waals surface area contributed by atoms with E-state index < -0.39 is 0 Å². The molecule has 1 unspecified atom stereocenters. The number of likely N-dealkylation sites (N-methyl/N-ethyl adjacent to an activating group) is 1. The number of imidazole rings is 1. The first-order chi connectivity index (χ1) is 15.3. The Morgan fingerprint density at radius 3 is 2.50 bits per heavy atom. The highest BCUT2D eigenvalue weighted by atomic mass is 79.9. The van der Waals surface area contributed by atoms with E-state index in [-0.39, 0.29) is 0 Å². The topological polar surface area (TPSA) is 41.1 Å². The van der Waals surface area contributed by atoms with Gasteiger partial charge < -0.3 is 14.6 Å². The van der Waals surface area contributed by atoms with E-state index in [0.29, 0.717) is 12.6 Å². The van der Waals surface area contributed by atoms with Gasteiger partial charge in [-0.15, -0.1) is 0 Å². The van der Waals surface area contributed by atoms with Crippen molar-refractivity contribution in [3.8, 4) is 17.1 Å². The number of aromatic nitrogens is 2. The second kappa shape index (κ2) is 9.47. The number of hydrogen-bond donors (Lipinski definition) is 1. The minimum Gasteiger partial charge on any atom is -0.492 e. The highest BCUT2D eigenvalue weighted by molar-refractivity contribution is 9.10. The molecule has 0 aliphatic rings. The lowest BCUT2D eigenvalue weighted by atomic mass is 10.0. The average molecular weight is 492 g/mol. The van der Waals surface area contributed by atoms with Crippen LogP contribution in [0.4, 0.5) is 0 Å². The number of hydrogen-bond acceptors (Lipinski definition) is 3. The quantitative estimate of drug-likeness (QED) is 0.319. The van der Waals surface area contributed by atoms with Crippen molar-refractivity contribution in [2.45, 2.75) is 33.2 Å². The molecular formula is C27H30BrN3O. The van der Waals surface area contributed by atoms with E-state index in [2.05, 4.69) is 109 Å². The van der Waals surface area contributed by atoms with Crippen molar-refractivity contribution in [3.05, 3.63) is 81.3 Å². The van der Waals surface area contributed by atoms with E-state index >= 15 is 0 Å². The Labute approximate surface area is 198 Å². The van der Waals surface area contributed by atoms with Crippen molar-refractivity contribution < 1.29 is 4.74 Å². The van der Waals surface area contributed by atoms with Crippen LogP contribution in [0.5, 0.6) is 5.75 Å². The number of aryl methyl sites for hydroxylation is 2. The Balaban J connectivity index is 1.77. The molecule has 0 saturated carbocycles. The zero-order valence-electron chi connectivity index (χ0n) is 19.4. The summed E-state index contributed by atoms with van der Waals surface area (Å²) in [5, 5.41) is 0. The second-order valence-corrected chi connectivity index (χ2v) is 9.61. The van der Waals surface area contributed by atoms with Gasteiger partial charge >= 0.3 is 0 Å². The van der Waals surface area contributed by atoms with Gasteiger partial charge in [0.2, 0.25) is 0 Å². The maximum absolute atomic E-state index is 6.19. The zero-order chi connectivity index (χ0) is 22.8. The van der Waals surface area contributed by atoms with Gasteiger partial charge in [0.05, 0.1) is 11.0 Å². The summed E-state index contributed by atoms with van der Waals surface area (Å²) in [6.45, 7) is 7.06. The number of rotatable bonds is 7. The fourth-order valence-corrected chi connectivity index (χ4v) is 4.04. The third-order valence-corrected chi connectivity index (χ3v) is 6.90. The number of benzene rings is 3. The Kier molecular flexibility index (Phi) is 6.68. The van der Waals surface area contributed by atoms with Crippen LogP contribution < -0.4 is 4.74 Å². The summed E-state index contributed by atoms with van der Waals surface area (Å²) in [7, 11) is 4.14. The Hall–Kier alpha value is -2.63. The van der Waals surface area contributed by atoms with Gasteiger partial charge in [0.1, 0.15) is 18.2 Å². The van der Waals surface area contributed by atoms with Crippen LogP contribution in [0.25, 0.3) is 22.4 Å². The molecule has 0 amide bonds. The molecule has 166 valence electrons. The van der Waals surface area contributed by atoms with Gasteiger partial charge in [-0.25, -0.2) is 4.98 Å². The predicted molar refractivity (Wildman–Crippen MR) is 137 cm³/mol. The third-order valence-electron chi connectivity index (χ3n) is 6.13. The first-order valence-corrected chi connectivity index (χ1v) is 11.7. The SMILES string of the molecule is Cc1ccc(-c2nc3c(Cc4ccccc4Br)cc(OCC(C)N(C)C)cc3[nH]2)cc1C. The number of nitrogens with zero attached hydrogens (tertiary/aromatic N) is 2. The van der Waals surface area contributed by atoms with Gasteiger partial charge in [0.15, 0.2) is 0 Å². The van der Waals surface area contributed by atoms with Crippen LogP contribution in [0, 0.1) is 13.8 Å². The molecule has 1 atom stereocenters. The molecule has 4 nitrogen and oxygen atoms in total. The molecular weight excluding hydrogens is 462 g/mol. The van der Waals surface area contributed by atoms with E-state index in [4.69, 9.17) is 9.72 Å². The Morgan fingerprint density at radius 2 is 1.78 bits per heavy atom. The van der Waals surface area contributed by atoms with Crippen LogP contribution in [0.15, 0.2) is 59.1 Å². The molecule has 0 aliphatic heterocycles. The minimum atomic E-state index is 0.324. The lowest BCUT2D eigenvalue weighted by molar-refractivity contribution is 0.198. The standard InChI is InChI=1S/C27H30BrN3O/c1-17-10-11-21(12-18(17)2)27-29-25-15-23(32-16-19(3)31(4)5)14-22(26(25)30-27)13-20-8-6-7-9-24(20)28/h6-12,14-15,19H,13,16H2,1-5H3,(H,29,30). The van der Waals surface area contributed by atoms with Gasteiger partial charge in [-0.3, -0.25) is 0 Å². The fourth-order valence-electron chi connectivity index (χ4n) is 3.62. The van der Waals surface area contributed by atoms with Gasteiger partial charge in [-0.05, 0) is 75.3 Å². The summed E-state index contributed by atoms with van der Waals surface area (Å²) in [5.74, 6) is 1.75. The van der Waals surface area contributed by atoms with E-state index in [1.165, 1.54) is 16.7 Å². The number of H-pyrrole nitrogens is 1. The van der Waals surface area contributed by atoms with E-state index in [0.717, 1.165) is 44.6 Å². The molecule has 1 N–H and O–H groups in total. The van der Waals surface area contributed by atoms with Crippen molar-refractivity contribution in [1.29, 1.82) is 0 Å². The van der Waals surface area contributed by atoms with Crippen LogP contribution >= 0.6 is 15.9 Å². The van der Waals surface area contributed by atoms with E-state index in [1.54, 1.807) is 0 Å². The van der Waals surface area contributed by atoms with Gasteiger partial charge in [0, 0.05) is 28.6 Å². The number of halogens is 1. The summed E-state index contributed by atoms with van der Waals surface area (Å²) >= 11 is 3.69. The lowest BCUT2D eigenvalue weighted by Gasteiger charge is -2.20. The summed E-state index contributed by atoms with van der Waals surface area (Å²) in [4.78, 5) is 10.7. The van der Waals surface area contributed by atoms with Gasteiger partial charge in [-0.2, -0.15) is 0 Å². The lowest BCUT2D eigenvalue weighted by Crippen LogP contribution is -2.30. The second-order valence-electron chi connectivity index (χ2n) is 8.75. The van der Waals surface area contributed by atoms with Crippen LogP contribution in [-0.2, 0) is 6.42 Å². The van der Waals surface area contributed by atoms with Crippen molar-refractivity contribution in [2.75, 3.05) is 20.7 Å². The number of aromatic amines is 1. The van der Waals surface area contributed by atoms with Crippen molar-refractivity contribution >= 4 is 27.0 Å². The highest BCUT2D eigenvalue weighted by Gasteiger charge is 2.15. The summed E-state index contributed by atoms with van der Waals surface area (Å²) in [6, 6.07) is 19.3. The number of nitrogens with one attached hydrogen (secondary N) is 1. The van der Waals surface area contributed by atoms with Crippen molar-refractivity contribution in [1.82, 2.24) is 14.9 Å². The van der Waals surface area contributed by atoms with E-state index in [1.807, 2.05) is 6.07 Å². The van der Waals surface area contributed by atoms with Crippen LogP contribution in [0.2, 0.25) is 0 Å². The van der Waals surface area contributed by atoms with Gasteiger partial charge in [-0.1, -0.05) is 46.3 Å². The molecule has 5 heteroatoms. The molecule has 0 aliphatic carbocycles. The molecule has 1 aromatic heterocycles. The fraction of sp³-hybridized carbons (Fsp3) is 0.296. The molecule has 4 aromatic rings. The first kappa shape index (κ1) is 22.6. The number of ether oxygens (including phenoxy) is 1. The maximum Gasteiger partial charge on any atom is 0.138 e. The molecule has 1 heterocycles. The molecule has 0 fully saturated rings.